The predicted octanol–water partition coefficient (Wildman–Crippen LogP) is 8.81. The number of likely N-dealkylation sites (tertiary alicyclic amines) is 2. The van der Waals surface area contributed by atoms with Crippen LogP contribution in [-0.4, -0.2) is 113 Å². The van der Waals surface area contributed by atoms with E-state index in [0.29, 0.717) is 25.9 Å². The number of H-pyrrole nitrogens is 2. The van der Waals surface area contributed by atoms with Crippen LogP contribution in [-0.2, 0) is 22.4 Å². The van der Waals surface area contributed by atoms with Crippen molar-refractivity contribution in [2.75, 3.05) is 27.2 Å². The smallest absolute Gasteiger partial charge is 0.407 e. The number of thiophene rings is 2. The Morgan fingerprint density at radius 1 is 0.645 bits per heavy atom. The molecule has 2 saturated heterocycles. The highest BCUT2D eigenvalue weighted by Crippen LogP contribution is 2.35. The first-order valence-electron chi connectivity index (χ1n) is 20.9. The second kappa shape index (κ2) is 18.8. The summed E-state index contributed by atoms with van der Waals surface area (Å²) in [4.78, 5) is 73.6. The molecule has 0 saturated carbocycles. The molecule has 2 aliphatic heterocycles. The van der Waals surface area contributed by atoms with Gasteiger partial charge in [-0.25, -0.2) is 19.6 Å². The number of nitrogens with zero attached hydrogens (tertiary/aromatic N) is 6. The van der Waals surface area contributed by atoms with Crippen LogP contribution in [0.5, 0.6) is 0 Å². The summed E-state index contributed by atoms with van der Waals surface area (Å²) in [6.07, 6.45) is 5.91. The van der Waals surface area contributed by atoms with Gasteiger partial charge in [0, 0.05) is 52.1 Å². The van der Waals surface area contributed by atoms with Crippen molar-refractivity contribution < 1.29 is 29.4 Å². The zero-order valence-electron chi connectivity index (χ0n) is 34.6. The van der Waals surface area contributed by atoms with Gasteiger partial charge in [-0.05, 0) is 106 Å². The van der Waals surface area contributed by atoms with Crippen LogP contribution in [0.1, 0.15) is 73.4 Å². The molecule has 0 bridgehead atoms. The Labute approximate surface area is 367 Å². The van der Waals surface area contributed by atoms with Crippen LogP contribution in [0.15, 0.2) is 94.6 Å². The van der Waals surface area contributed by atoms with Gasteiger partial charge in [0.2, 0.25) is 11.8 Å². The lowest BCUT2D eigenvalue weighted by atomic mass is 10.0. The topological polar surface area (TPSA) is 179 Å². The molecule has 0 spiro atoms. The fourth-order valence-electron chi connectivity index (χ4n) is 8.69. The van der Waals surface area contributed by atoms with E-state index in [4.69, 9.17) is 9.97 Å². The van der Waals surface area contributed by atoms with Crippen LogP contribution >= 0.6 is 22.7 Å². The number of benzene rings is 2. The Hall–Kier alpha value is -6.26. The van der Waals surface area contributed by atoms with Crippen LogP contribution in [0.3, 0.4) is 0 Å². The Kier molecular flexibility index (Phi) is 12.9. The lowest BCUT2D eigenvalue weighted by molar-refractivity contribution is -0.134. The number of imidazole rings is 2. The summed E-state index contributed by atoms with van der Waals surface area (Å²) in [5.74, 6) is 1.30. The van der Waals surface area contributed by atoms with E-state index in [9.17, 15) is 29.4 Å². The lowest BCUT2D eigenvalue weighted by Crippen LogP contribution is -2.42. The first-order valence-corrected chi connectivity index (χ1v) is 22.7. The zero-order chi connectivity index (χ0) is 43.3. The molecular formula is C46H50N8O6S2. The molecule has 2 fully saturated rings. The van der Waals surface area contributed by atoms with Crippen molar-refractivity contribution >= 4 is 46.7 Å². The molecule has 2 aliphatic rings. The lowest BCUT2D eigenvalue weighted by Gasteiger charge is -2.29. The molecular weight excluding hydrogens is 825 g/mol. The first kappa shape index (κ1) is 42.4. The van der Waals surface area contributed by atoms with Gasteiger partial charge in [0.25, 0.3) is 0 Å². The van der Waals surface area contributed by atoms with Crippen LogP contribution in [0.4, 0.5) is 9.59 Å². The molecule has 0 aliphatic carbocycles. The quantitative estimate of drug-likeness (QED) is 0.0791. The van der Waals surface area contributed by atoms with Gasteiger partial charge >= 0.3 is 12.2 Å². The van der Waals surface area contributed by atoms with E-state index >= 15 is 0 Å². The molecule has 6 aromatic rings. The van der Waals surface area contributed by atoms with Gasteiger partial charge in [-0.3, -0.25) is 9.59 Å². The van der Waals surface area contributed by atoms with Gasteiger partial charge < -0.3 is 39.8 Å². The second-order valence-electron chi connectivity index (χ2n) is 16.2. The normalized spacial score (nSPS) is 17.3. The minimum atomic E-state index is -1.05. The standard InChI is InChI=1S/C46H50N8O6S2/c1-51(45(57)58)35(21-29-15-19-61-27-29)23-41(55)53-17-3-5-39(53)43-47-25-37(49-43)33-11-7-31(8-12-33)32-9-13-34(14-10-32)38-26-48-44(50-38)40-6-4-18-54(40)42(56)24-36(52(2)46(59)60)22-30-16-20-62-28-30/h7-16,19-20,25-28,35-36,39-40H,3-6,17-18,21-24H2,1-2H3,(H,47,49)(H,48,50)(H,57,58)(H,59,60)/t35-,36-,39+,40+/m1/s1. The van der Waals surface area contributed by atoms with E-state index in [1.165, 1.54) is 23.9 Å². The number of hydrogen-bond acceptors (Lipinski definition) is 8. The number of aromatic nitrogens is 4. The molecule has 322 valence electrons. The number of aromatic amines is 2. The Balaban J connectivity index is 0.889. The van der Waals surface area contributed by atoms with Crippen molar-refractivity contribution in [2.45, 2.75) is 75.5 Å². The van der Waals surface area contributed by atoms with E-state index in [1.54, 1.807) is 35.1 Å². The number of nitrogens with one attached hydrogen (secondary N) is 2. The predicted molar refractivity (Wildman–Crippen MR) is 239 cm³/mol. The van der Waals surface area contributed by atoms with Crippen LogP contribution in [0.2, 0.25) is 0 Å². The number of rotatable bonds is 15. The van der Waals surface area contributed by atoms with E-state index < -0.39 is 24.3 Å². The van der Waals surface area contributed by atoms with Crippen molar-refractivity contribution in [1.82, 2.24) is 39.5 Å². The molecule has 6 heterocycles. The van der Waals surface area contributed by atoms with E-state index in [1.807, 2.05) is 43.5 Å². The summed E-state index contributed by atoms with van der Waals surface area (Å²) in [6, 6.07) is 19.1. The van der Waals surface area contributed by atoms with Crippen LogP contribution in [0, 0.1) is 0 Å². The highest BCUT2D eigenvalue weighted by atomic mass is 32.1. The van der Waals surface area contributed by atoms with Crippen LogP contribution < -0.4 is 0 Å². The highest BCUT2D eigenvalue weighted by Gasteiger charge is 2.36. The third-order valence-corrected chi connectivity index (χ3v) is 13.8. The van der Waals surface area contributed by atoms with E-state index in [-0.39, 0.29) is 36.7 Å². The minimum Gasteiger partial charge on any atom is -0.465 e. The summed E-state index contributed by atoms with van der Waals surface area (Å²) in [6.45, 7) is 1.20. The maximum atomic E-state index is 13.7. The third-order valence-electron chi connectivity index (χ3n) is 12.3. The van der Waals surface area contributed by atoms with Gasteiger partial charge in [0.15, 0.2) is 0 Å². The Bertz CT molecular complexity index is 2290. The minimum absolute atomic E-state index is 0.0760. The molecule has 4 N–H and O–H groups in total. The summed E-state index contributed by atoms with van der Waals surface area (Å²) in [5, 5.41) is 27.3. The summed E-state index contributed by atoms with van der Waals surface area (Å²) in [5.41, 5.74) is 7.77. The maximum Gasteiger partial charge on any atom is 0.407 e. The molecule has 62 heavy (non-hydrogen) atoms. The largest absolute Gasteiger partial charge is 0.465 e. The van der Waals surface area contributed by atoms with Gasteiger partial charge in [-0.2, -0.15) is 22.7 Å². The molecule has 8 rings (SSSR count). The molecule has 14 nitrogen and oxygen atoms in total. The van der Waals surface area contributed by atoms with E-state index in [2.05, 4.69) is 58.5 Å². The van der Waals surface area contributed by atoms with Gasteiger partial charge in [0.05, 0.1) is 35.9 Å². The Morgan fingerprint density at radius 2 is 1.03 bits per heavy atom. The summed E-state index contributed by atoms with van der Waals surface area (Å²) < 4.78 is 0. The van der Waals surface area contributed by atoms with Crippen molar-refractivity contribution in [2.24, 2.45) is 0 Å². The molecule has 4 aromatic heterocycles. The summed E-state index contributed by atoms with van der Waals surface area (Å²) in [7, 11) is 3.05. The number of carbonyl (C=O) groups is 4. The second-order valence-corrected chi connectivity index (χ2v) is 17.7. The van der Waals surface area contributed by atoms with Crippen molar-refractivity contribution in [3.8, 4) is 33.6 Å². The average molecular weight is 875 g/mol. The van der Waals surface area contributed by atoms with Crippen molar-refractivity contribution in [1.29, 1.82) is 0 Å². The fraction of sp³-hybridized carbons (Fsp3) is 0.348. The fourth-order valence-corrected chi connectivity index (χ4v) is 10.1. The molecule has 2 aromatic carbocycles. The van der Waals surface area contributed by atoms with Crippen molar-refractivity contribution in [3.63, 3.8) is 0 Å². The number of likely N-dealkylation sites (N-methyl/N-ethyl adjacent to an activating group) is 2. The van der Waals surface area contributed by atoms with Gasteiger partial charge in [-0.1, -0.05) is 48.5 Å². The molecule has 4 atom stereocenters. The molecule has 16 heteroatoms. The SMILES string of the molecule is CN(C(=O)O)[C@@H](CC(=O)N1CCC[C@H]1c1ncc(-c2ccc(-c3ccc(-c4cnc([C@@H]5CCCN5C(=O)C[C@@H](Cc5ccsc5)N(C)C(=O)O)[nH]4)cc3)cc2)[nH]1)Cc1ccsc1. The summed E-state index contributed by atoms with van der Waals surface area (Å²) >= 11 is 3.11. The van der Waals surface area contributed by atoms with E-state index in [0.717, 1.165) is 82.1 Å². The van der Waals surface area contributed by atoms with Gasteiger partial charge in [-0.15, -0.1) is 0 Å². The molecule has 0 unspecified atom stereocenters. The number of hydrogen-bond donors (Lipinski definition) is 4. The molecule has 4 amide bonds. The average Bonchev–Trinajstić information content (AvgIpc) is 4.13. The monoisotopic (exact) mass is 874 g/mol. The van der Waals surface area contributed by atoms with Gasteiger partial charge in [0.1, 0.15) is 11.6 Å². The Morgan fingerprint density at radius 3 is 1.39 bits per heavy atom. The number of carbonyl (C=O) groups excluding carboxylic acids is 2. The third kappa shape index (κ3) is 9.45. The zero-order valence-corrected chi connectivity index (χ0v) is 36.3. The molecule has 0 radical (unpaired) electrons. The first-order chi connectivity index (χ1) is 30.0. The van der Waals surface area contributed by atoms with Crippen LogP contribution in [0.25, 0.3) is 33.6 Å². The van der Waals surface area contributed by atoms with Crippen molar-refractivity contribution in [3.05, 3.63) is 117 Å². The maximum absolute atomic E-state index is 13.7. The number of amides is 4. The number of carboxylic acid groups (broad SMARTS) is 2. The highest BCUT2D eigenvalue weighted by molar-refractivity contribution is 7.08.